The number of aliphatic hydroxyl groups is 1. The molecule has 0 amide bonds. The highest BCUT2D eigenvalue weighted by molar-refractivity contribution is 6.03. The van der Waals surface area contributed by atoms with Crippen LogP contribution in [-0.4, -0.2) is 16.6 Å². The first kappa shape index (κ1) is 23.4. The van der Waals surface area contributed by atoms with Crippen molar-refractivity contribution in [1.82, 2.24) is 10.3 Å². The fourth-order valence-corrected chi connectivity index (χ4v) is 3.31. The van der Waals surface area contributed by atoms with Gasteiger partial charge in [0.15, 0.2) is 0 Å². The maximum absolute atomic E-state index is 10.3. The number of hydrogen-bond donors (Lipinski definition) is 3. The van der Waals surface area contributed by atoms with E-state index in [-0.39, 0.29) is 5.76 Å². The van der Waals surface area contributed by atoms with Crippen molar-refractivity contribution in [1.29, 1.82) is 0 Å². The first-order chi connectivity index (χ1) is 14.9. The number of hydrogen-bond acceptors (Lipinski definition) is 2. The van der Waals surface area contributed by atoms with E-state index in [0.717, 1.165) is 39.6 Å². The summed E-state index contributed by atoms with van der Waals surface area (Å²) in [4.78, 5) is 3.32. The van der Waals surface area contributed by atoms with Crippen molar-refractivity contribution in [3.05, 3.63) is 109 Å². The minimum Gasteiger partial charge on any atom is -0.512 e. The lowest BCUT2D eigenvalue weighted by Crippen LogP contribution is -2.01. The molecule has 0 bridgehead atoms. The van der Waals surface area contributed by atoms with Gasteiger partial charge in [0.05, 0.1) is 12.3 Å². The van der Waals surface area contributed by atoms with Gasteiger partial charge in [-0.3, -0.25) is 0 Å². The van der Waals surface area contributed by atoms with Crippen LogP contribution in [0, 0.1) is 12.3 Å². The van der Waals surface area contributed by atoms with Crippen molar-refractivity contribution in [2.24, 2.45) is 0 Å². The Morgan fingerprint density at radius 2 is 1.87 bits per heavy atom. The third-order valence-electron chi connectivity index (χ3n) is 4.92. The van der Waals surface area contributed by atoms with E-state index in [4.69, 9.17) is 6.42 Å². The average molecular weight is 411 g/mol. The third-order valence-corrected chi connectivity index (χ3v) is 4.92. The van der Waals surface area contributed by atoms with Gasteiger partial charge in [-0.05, 0) is 47.9 Å². The van der Waals surface area contributed by atoms with E-state index >= 15 is 0 Å². The fourth-order valence-electron chi connectivity index (χ4n) is 3.31. The second kappa shape index (κ2) is 11.3. The standard InChI is InChI=1S/C23H23NO.C5H7N/c1-5-18-11-12-20-21(14-24-22(20)13-18)16(3)23(17(4)25)15(2)19-9-7-6-8-10-19;1-3-5-6-4-2/h6-14,24-25H,2-3,5H2,1,4H3;1,4,6H,2,5H2/b23-17+;. The van der Waals surface area contributed by atoms with E-state index in [2.05, 4.69) is 61.1 Å². The molecule has 1 heterocycles. The third kappa shape index (κ3) is 5.81. The molecular formula is C28H30N2O. The number of rotatable bonds is 7. The van der Waals surface area contributed by atoms with Gasteiger partial charge in [0, 0.05) is 28.2 Å². The molecule has 0 atom stereocenters. The predicted octanol–water partition coefficient (Wildman–Crippen LogP) is 6.64. The SMILES string of the molecule is C#CCNC=C.C=C(/C(C(=C)c1c[nH]c2cc(CC)ccc12)=C(/C)O)c1ccccc1. The molecule has 3 heteroatoms. The summed E-state index contributed by atoms with van der Waals surface area (Å²) in [6.45, 7) is 16.2. The molecule has 0 fully saturated rings. The Hall–Kier alpha value is -3.90. The molecular weight excluding hydrogens is 380 g/mol. The highest BCUT2D eigenvalue weighted by Crippen LogP contribution is 2.36. The molecule has 0 aliphatic carbocycles. The summed E-state index contributed by atoms with van der Waals surface area (Å²) in [6.07, 6.45) is 9.37. The predicted molar refractivity (Wildman–Crippen MR) is 135 cm³/mol. The van der Waals surface area contributed by atoms with Crippen LogP contribution in [0.15, 0.2) is 92.0 Å². The molecule has 0 spiro atoms. The number of nitrogens with one attached hydrogen (secondary N) is 2. The zero-order valence-corrected chi connectivity index (χ0v) is 18.3. The lowest BCUT2D eigenvalue weighted by atomic mass is 9.89. The van der Waals surface area contributed by atoms with E-state index in [9.17, 15) is 5.11 Å². The van der Waals surface area contributed by atoms with Crippen LogP contribution in [0.4, 0.5) is 0 Å². The number of terminal acetylenes is 1. The van der Waals surface area contributed by atoms with Gasteiger partial charge in [0.25, 0.3) is 0 Å². The maximum Gasteiger partial charge on any atom is 0.0975 e. The largest absolute Gasteiger partial charge is 0.512 e. The van der Waals surface area contributed by atoms with Gasteiger partial charge < -0.3 is 15.4 Å². The summed E-state index contributed by atoms with van der Waals surface area (Å²) in [5, 5.41) is 14.1. The summed E-state index contributed by atoms with van der Waals surface area (Å²) in [5.74, 6) is 2.61. The minimum absolute atomic E-state index is 0.221. The molecule has 3 aromatic rings. The summed E-state index contributed by atoms with van der Waals surface area (Å²) in [5.41, 5.74) is 6.55. The normalized spacial score (nSPS) is 10.9. The van der Waals surface area contributed by atoms with Crippen LogP contribution < -0.4 is 5.32 Å². The van der Waals surface area contributed by atoms with Gasteiger partial charge in [-0.15, -0.1) is 6.42 Å². The number of aryl methyl sites for hydroxylation is 1. The van der Waals surface area contributed by atoms with Crippen LogP contribution in [-0.2, 0) is 6.42 Å². The second-order valence-electron chi connectivity index (χ2n) is 7.01. The summed E-state index contributed by atoms with van der Waals surface area (Å²) >= 11 is 0. The molecule has 158 valence electrons. The Kier molecular flexibility index (Phi) is 8.54. The molecule has 2 aromatic carbocycles. The quantitative estimate of drug-likeness (QED) is 0.177. The number of benzene rings is 2. The molecule has 0 saturated carbocycles. The molecule has 1 aromatic heterocycles. The Labute approximate surface area is 185 Å². The number of allylic oxidation sites excluding steroid dienone is 4. The number of aromatic amines is 1. The Morgan fingerprint density at radius 1 is 1.16 bits per heavy atom. The van der Waals surface area contributed by atoms with Crippen LogP contribution in [0.3, 0.4) is 0 Å². The van der Waals surface area contributed by atoms with Crippen molar-refractivity contribution in [2.75, 3.05) is 6.54 Å². The molecule has 0 aliphatic heterocycles. The Bertz CT molecular complexity index is 1140. The average Bonchev–Trinajstić information content (AvgIpc) is 3.21. The minimum atomic E-state index is 0.221. The lowest BCUT2D eigenvalue weighted by molar-refractivity contribution is 0.412. The van der Waals surface area contributed by atoms with Gasteiger partial charge in [0.2, 0.25) is 0 Å². The van der Waals surface area contributed by atoms with Crippen LogP contribution in [0.25, 0.3) is 22.0 Å². The Balaban J connectivity index is 0.000000501. The van der Waals surface area contributed by atoms with Crippen LogP contribution in [0.2, 0.25) is 0 Å². The van der Waals surface area contributed by atoms with Crippen LogP contribution >= 0.6 is 0 Å². The van der Waals surface area contributed by atoms with E-state index in [1.165, 1.54) is 5.56 Å². The molecule has 0 radical (unpaired) electrons. The van der Waals surface area contributed by atoms with Crippen molar-refractivity contribution in [2.45, 2.75) is 20.3 Å². The second-order valence-corrected chi connectivity index (χ2v) is 7.01. The van der Waals surface area contributed by atoms with E-state index < -0.39 is 0 Å². The van der Waals surface area contributed by atoms with Gasteiger partial charge in [0.1, 0.15) is 0 Å². The topological polar surface area (TPSA) is 48.0 Å². The first-order valence-electron chi connectivity index (χ1n) is 10.2. The molecule has 0 aliphatic rings. The molecule has 0 unspecified atom stereocenters. The summed E-state index contributed by atoms with van der Waals surface area (Å²) in [7, 11) is 0. The zero-order valence-electron chi connectivity index (χ0n) is 18.3. The lowest BCUT2D eigenvalue weighted by Gasteiger charge is -2.15. The highest BCUT2D eigenvalue weighted by Gasteiger charge is 2.17. The monoisotopic (exact) mass is 410 g/mol. The van der Waals surface area contributed by atoms with Gasteiger partial charge in [-0.1, -0.05) is 75.0 Å². The Morgan fingerprint density at radius 3 is 2.42 bits per heavy atom. The summed E-state index contributed by atoms with van der Waals surface area (Å²) in [6, 6.07) is 16.3. The number of H-pyrrole nitrogens is 1. The number of aliphatic hydroxyl groups excluding tert-OH is 1. The molecule has 3 rings (SSSR count). The van der Waals surface area contributed by atoms with Gasteiger partial charge in [-0.2, -0.15) is 0 Å². The van der Waals surface area contributed by atoms with E-state index in [1.54, 1.807) is 13.1 Å². The maximum atomic E-state index is 10.3. The van der Waals surface area contributed by atoms with Crippen molar-refractivity contribution < 1.29 is 5.11 Å². The van der Waals surface area contributed by atoms with Gasteiger partial charge in [-0.25, -0.2) is 0 Å². The summed E-state index contributed by atoms with van der Waals surface area (Å²) < 4.78 is 0. The number of fused-ring (bicyclic) bond motifs is 1. The van der Waals surface area contributed by atoms with Crippen molar-refractivity contribution >= 4 is 22.0 Å². The first-order valence-corrected chi connectivity index (χ1v) is 10.2. The zero-order chi connectivity index (χ0) is 22.8. The van der Waals surface area contributed by atoms with Crippen LogP contribution in [0.5, 0.6) is 0 Å². The van der Waals surface area contributed by atoms with Crippen LogP contribution in [0.1, 0.15) is 30.5 Å². The fraction of sp³-hybridized carbons (Fsp3) is 0.143. The van der Waals surface area contributed by atoms with Crippen molar-refractivity contribution in [3.8, 4) is 12.3 Å². The highest BCUT2D eigenvalue weighted by atomic mass is 16.3. The molecule has 3 nitrogen and oxygen atoms in total. The van der Waals surface area contributed by atoms with E-state index in [0.29, 0.717) is 12.1 Å². The smallest absolute Gasteiger partial charge is 0.0975 e. The number of aromatic nitrogens is 1. The van der Waals surface area contributed by atoms with Crippen molar-refractivity contribution in [3.63, 3.8) is 0 Å². The van der Waals surface area contributed by atoms with E-state index in [1.807, 2.05) is 36.5 Å². The molecule has 3 N–H and O–H groups in total. The molecule has 0 saturated heterocycles. The van der Waals surface area contributed by atoms with Gasteiger partial charge >= 0.3 is 0 Å². The molecule has 31 heavy (non-hydrogen) atoms.